The number of nitrogen functional groups attached to an aromatic ring is 1. The molecule has 3 rings (SSSR count). The molecule has 0 radical (unpaired) electrons. The predicted molar refractivity (Wildman–Crippen MR) is 90.8 cm³/mol. The average Bonchev–Trinajstić information content (AvgIpc) is 3.04. The number of thiophene rings is 1. The first-order valence-electron chi connectivity index (χ1n) is 6.52. The maximum Gasteiger partial charge on any atom is 0.253 e. The van der Waals surface area contributed by atoms with Crippen molar-refractivity contribution in [1.82, 2.24) is 10.3 Å². The maximum atomic E-state index is 12.2. The van der Waals surface area contributed by atoms with Gasteiger partial charge in [0.15, 0.2) is 0 Å². The van der Waals surface area contributed by atoms with Gasteiger partial charge in [0.2, 0.25) is 0 Å². The second-order valence-electron chi connectivity index (χ2n) is 4.72. The number of carbonyl (C=O) groups excluding carboxylic acids is 1. The van der Waals surface area contributed by atoms with Crippen molar-refractivity contribution in [1.29, 1.82) is 0 Å². The second kappa shape index (κ2) is 5.91. The van der Waals surface area contributed by atoms with Crippen molar-refractivity contribution in [3.63, 3.8) is 0 Å². The molecule has 0 atom stereocenters. The van der Waals surface area contributed by atoms with E-state index in [0.717, 1.165) is 21.1 Å². The van der Waals surface area contributed by atoms with Crippen LogP contribution in [0.25, 0.3) is 10.9 Å². The van der Waals surface area contributed by atoms with Gasteiger partial charge in [-0.05, 0) is 52.7 Å². The third kappa shape index (κ3) is 3.11. The van der Waals surface area contributed by atoms with E-state index >= 15 is 0 Å². The lowest BCUT2D eigenvalue weighted by atomic mass is 10.1. The van der Waals surface area contributed by atoms with Crippen molar-refractivity contribution >= 4 is 49.8 Å². The summed E-state index contributed by atoms with van der Waals surface area (Å²) in [5.41, 5.74) is 7.98. The smallest absolute Gasteiger partial charge is 0.253 e. The first-order chi connectivity index (χ1) is 10.1. The molecule has 108 valence electrons. The Bertz CT molecular complexity index is 793. The van der Waals surface area contributed by atoms with E-state index in [1.54, 1.807) is 17.5 Å². The van der Waals surface area contributed by atoms with Crippen LogP contribution >= 0.6 is 27.3 Å². The van der Waals surface area contributed by atoms with Gasteiger partial charge in [0.1, 0.15) is 0 Å². The Balaban J connectivity index is 1.68. The van der Waals surface area contributed by atoms with Gasteiger partial charge in [0.05, 0.1) is 9.35 Å². The molecule has 0 aliphatic rings. The van der Waals surface area contributed by atoms with E-state index in [2.05, 4.69) is 32.3 Å². The number of nitrogens with one attached hydrogen (secondary N) is 2. The number of rotatable bonds is 4. The monoisotopic (exact) mass is 363 g/mol. The van der Waals surface area contributed by atoms with Gasteiger partial charge in [-0.15, -0.1) is 11.3 Å². The number of anilines is 1. The average molecular weight is 364 g/mol. The van der Waals surface area contributed by atoms with Crippen molar-refractivity contribution in [2.45, 2.75) is 6.42 Å². The van der Waals surface area contributed by atoms with Crippen molar-refractivity contribution in [2.75, 3.05) is 12.3 Å². The molecule has 21 heavy (non-hydrogen) atoms. The van der Waals surface area contributed by atoms with Crippen LogP contribution in [0.1, 0.15) is 15.2 Å². The van der Waals surface area contributed by atoms with E-state index in [4.69, 9.17) is 5.73 Å². The molecule has 6 heteroatoms. The molecule has 0 fully saturated rings. The standard InChI is InChI=1S/C15H14BrN3OS/c16-14-4-2-10(21-14)5-6-18-15(20)12-8-19-13-3-1-9(17)7-11(12)13/h1-4,7-8,19H,5-6,17H2,(H,18,20). The van der Waals surface area contributed by atoms with Gasteiger partial charge >= 0.3 is 0 Å². The molecule has 0 bridgehead atoms. The fourth-order valence-corrected chi connectivity index (χ4v) is 3.69. The molecule has 1 amide bonds. The number of halogens is 1. The van der Waals surface area contributed by atoms with Crippen molar-refractivity contribution < 1.29 is 4.79 Å². The first-order valence-corrected chi connectivity index (χ1v) is 8.13. The highest BCUT2D eigenvalue weighted by Crippen LogP contribution is 2.23. The van der Waals surface area contributed by atoms with Crippen LogP contribution in [0.4, 0.5) is 5.69 Å². The minimum atomic E-state index is -0.0810. The van der Waals surface area contributed by atoms with E-state index < -0.39 is 0 Å². The zero-order chi connectivity index (χ0) is 14.8. The Labute approximate surface area is 134 Å². The van der Waals surface area contributed by atoms with Gasteiger partial charge in [0, 0.05) is 34.2 Å². The molecule has 0 saturated carbocycles. The van der Waals surface area contributed by atoms with Gasteiger partial charge < -0.3 is 16.0 Å². The van der Waals surface area contributed by atoms with Gasteiger partial charge in [-0.2, -0.15) is 0 Å². The zero-order valence-corrected chi connectivity index (χ0v) is 13.6. The summed E-state index contributed by atoms with van der Waals surface area (Å²) in [5.74, 6) is -0.0810. The highest BCUT2D eigenvalue weighted by Gasteiger charge is 2.11. The predicted octanol–water partition coefficient (Wildman–Crippen LogP) is 3.55. The zero-order valence-electron chi connectivity index (χ0n) is 11.2. The van der Waals surface area contributed by atoms with Gasteiger partial charge in [-0.25, -0.2) is 0 Å². The second-order valence-corrected chi connectivity index (χ2v) is 7.27. The summed E-state index contributed by atoms with van der Waals surface area (Å²) in [7, 11) is 0. The molecule has 1 aromatic carbocycles. The topological polar surface area (TPSA) is 70.9 Å². The van der Waals surface area contributed by atoms with E-state index in [1.165, 1.54) is 4.88 Å². The molecule has 2 heterocycles. The fraction of sp³-hybridized carbons (Fsp3) is 0.133. The summed E-state index contributed by atoms with van der Waals surface area (Å²) < 4.78 is 1.11. The Morgan fingerprint density at radius 3 is 2.95 bits per heavy atom. The molecule has 2 aromatic heterocycles. The van der Waals surface area contributed by atoms with Crippen molar-refractivity contribution in [3.05, 3.63) is 50.8 Å². The van der Waals surface area contributed by atoms with Crippen LogP contribution in [0.15, 0.2) is 40.3 Å². The Hall–Kier alpha value is -1.79. The minimum absolute atomic E-state index is 0.0810. The Kier molecular flexibility index (Phi) is 3.98. The Morgan fingerprint density at radius 1 is 1.33 bits per heavy atom. The van der Waals surface area contributed by atoms with E-state index in [0.29, 0.717) is 17.8 Å². The molecular formula is C15H14BrN3OS. The number of amides is 1. The lowest BCUT2D eigenvalue weighted by molar-refractivity contribution is 0.0956. The first kappa shape index (κ1) is 14.2. The number of aromatic nitrogens is 1. The number of fused-ring (bicyclic) bond motifs is 1. The SMILES string of the molecule is Nc1ccc2[nH]cc(C(=O)NCCc3ccc(Br)s3)c2c1. The van der Waals surface area contributed by atoms with E-state index in [9.17, 15) is 4.79 Å². The van der Waals surface area contributed by atoms with Crippen LogP contribution in [0.5, 0.6) is 0 Å². The number of hydrogen-bond donors (Lipinski definition) is 3. The van der Waals surface area contributed by atoms with Gasteiger partial charge in [0.25, 0.3) is 5.91 Å². The molecule has 0 aliphatic heterocycles. The summed E-state index contributed by atoms with van der Waals surface area (Å²) in [5, 5.41) is 3.80. The van der Waals surface area contributed by atoms with Crippen LogP contribution in [0.2, 0.25) is 0 Å². The maximum absolute atomic E-state index is 12.2. The van der Waals surface area contributed by atoms with Gasteiger partial charge in [-0.1, -0.05) is 0 Å². The lowest BCUT2D eigenvalue weighted by Gasteiger charge is -2.03. The Morgan fingerprint density at radius 2 is 2.19 bits per heavy atom. The van der Waals surface area contributed by atoms with Crippen molar-refractivity contribution in [2.24, 2.45) is 0 Å². The highest BCUT2D eigenvalue weighted by atomic mass is 79.9. The molecule has 0 spiro atoms. The minimum Gasteiger partial charge on any atom is -0.399 e. The molecule has 0 aliphatic carbocycles. The summed E-state index contributed by atoms with van der Waals surface area (Å²) in [6.45, 7) is 0.612. The third-order valence-corrected chi connectivity index (χ3v) is 4.92. The molecule has 0 saturated heterocycles. The summed E-state index contributed by atoms with van der Waals surface area (Å²) >= 11 is 5.12. The molecule has 4 N–H and O–H groups in total. The largest absolute Gasteiger partial charge is 0.399 e. The van der Waals surface area contributed by atoms with Crippen LogP contribution in [-0.4, -0.2) is 17.4 Å². The molecular weight excluding hydrogens is 350 g/mol. The number of hydrogen-bond acceptors (Lipinski definition) is 3. The summed E-state index contributed by atoms with van der Waals surface area (Å²) in [6.07, 6.45) is 2.55. The van der Waals surface area contributed by atoms with Gasteiger partial charge in [-0.3, -0.25) is 4.79 Å². The van der Waals surface area contributed by atoms with Crippen LogP contribution in [-0.2, 0) is 6.42 Å². The summed E-state index contributed by atoms with van der Waals surface area (Å²) in [4.78, 5) is 16.6. The van der Waals surface area contributed by atoms with E-state index in [-0.39, 0.29) is 5.91 Å². The number of nitrogens with two attached hydrogens (primary N) is 1. The van der Waals surface area contributed by atoms with Crippen molar-refractivity contribution in [3.8, 4) is 0 Å². The highest BCUT2D eigenvalue weighted by molar-refractivity contribution is 9.11. The van der Waals surface area contributed by atoms with Crippen LogP contribution in [0.3, 0.4) is 0 Å². The lowest BCUT2D eigenvalue weighted by Crippen LogP contribution is -2.25. The fourth-order valence-electron chi connectivity index (χ4n) is 2.21. The number of H-pyrrole nitrogens is 1. The van der Waals surface area contributed by atoms with Crippen LogP contribution < -0.4 is 11.1 Å². The van der Waals surface area contributed by atoms with E-state index in [1.807, 2.05) is 24.3 Å². The number of carbonyl (C=O) groups is 1. The number of aromatic amines is 1. The molecule has 4 nitrogen and oxygen atoms in total. The normalized spacial score (nSPS) is 10.9. The number of benzene rings is 1. The summed E-state index contributed by atoms with van der Waals surface area (Å²) in [6, 6.07) is 9.59. The molecule has 3 aromatic rings. The van der Waals surface area contributed by atoms with Crippen LogP contribution in [0, 0.1) is 0 Å². The third-order valence-electron chi connectivity index (χ3n) is 3.24. The quantitative estimate of drug-likeness (QED) is 0.620. The molecule has 0 unspecified atom stereocenters.